The van der Waals surface area contributed by atoms with E-state index in [1.54, 1.807) is 6.20 Å². The number of hydrogen-bond donors (Lipinski definition) is 0. The van der Waals surface area contributed by atoms with E-state index in [-0.39, 0.29) is 12.3 Å². The van der Waals surface area contributed by atoms with Gasteiger partial charge in [-0.2, -0.15) is 0 Å². The molecule has 1 aliphatic rings. The van der Waals surface area contributed by atoms with Crippen molar-refractivity contribution in [1.82, 2.24) is 9.88 Å². The molecular weight excluding hydrogens is 296 g/mol. The Morgan fingerprint density at radius 3 is 3.04 bits per heavy atom. The first-order valence-electron chi connectivity index (χ1n) is 8.02. The molecule has 0 amide bonds. The highest BCUT2D eigenvalue weighted by atomic mass is 16.6. The Labute approximate surface area is 138 Å². The van der Waals surface area contributed by atoms with Crippen molar-refractivity contribution in [2.75, 3.05) is 46.1 Å². The summed E-state index contributed by atoms with van der Waals surface area (Å²) in [5, 5.41) is 0. The largest absolute Gasteiger partial charge is 0.499 e. The van der Waals surface area contributed by atoms with Gasteiger partial charge in [0.05, 0.1) is 32.2 Å². The highest BCUT2D eigenvalue weighted by molar-refractivity contribution is 5.13. The van der Waals surface area contributed by atoms with Crippen LogP contribution < -0.4 is 0 Å². The second-order valence-corrected chi connectivity index (χ2v) is 5.20. The van der Waals surface area contributed by atoms with Crippen LogP contribution in [0.2, 0.25) is 0 Å². The Bertz CT molecular complexity index is 443. The lowest BCUT2D eigenvalue weighted by Gasteiger charge is -2.22. The van der Waals surface area contributed by atoms with Gasteiger partial charge in [0.25, 0.3) is 0 Å². The summed E-state index contributed by atoms with van der Waals surface area (Å²) in [4.78, 5) is 6.45. The molecule has 0 spiro atoms. The summed E-state index contributed by atoms with van der Waals surface area (Å²) in [6.07, 6.45) is 4.97. The summed E-state index contributed by atoms with van der Waals surface area (Å²) in [5.41, 5.74) is 1.06. The van der Waals surface area contributed by atoms with Gasteiger partial charge in [0.1, 0.15) is 12.8 Å². The average Bonchev–Trinajstić information content (AvgIpc) is 2.99. The maximum absolute atomic E-state index is 6.14. The molecular formula is C17H26N2O4. The van der Waals surface area contributed by atoms with Gasteiger partial charge in [-0.25, -0.2) is 0 Å². The van der Waals surface area contributed by atoms with Crippen molar-refractivity contribution in [1.29, 1.82) is 0 Å². The van der Waals surface area contributed by atoms with Crippen molar-refractivity contribution in [3.8, 4) is 0 Å². The van der Waals surface area contributed by atoms with Gasteiger partial charge in [-0.15, -0.1) is 0 Å². The Balaban J connectivity index is 1.85. The standard InChI is InChI=1S/C17H26N2O4/c1-3-20-9-8-19-13-16(14-22-11-10-21-4-2)23-17(19)15-6-5-7-18-12-15/h4-7,12,16-17H,2-3,8-11,13-14H2,1H3. The molecule has 2 atom stereocenters. The first-order chi connectivity index (χ1) is 11.3. The first kappa shape index (κ1) is 17.9. The number of rotatable bonds is 11. The molecule has 0 aromatic carbocycles. The molecule has 2 unspecified atom stereocenters. The minimum atomic E-state index is -0.0952. The molecule has 0 N–H and O–H groups in total. The van der Waals surface area contributed by atoms with Crippen LogP contribution in [0.5, 0.6) is 0 Å². The number of ether oxygens (including phenoxy) is 4. The third kappa shape index (κ3) is 5.91. The van der Waals surface area contributed by atoms with E-state index >= 15 is 0 Å². The zero-order chi connectivity index (χ0) is 16.3. The predicted octanol–water partition coefficient (Wildman–Crippen LogP) is 1.99. The monoisotopic (exact) mass is 322 g/mol. The minimum Gasteiger partial charge on any atom is -0.499 e. The number of aromatic nitrogens is 1. The summed E-state index contributed by atoms with van der Waals surface area (Å²) in [6, 6.07) is 3.96. The summed E-state index contributed by atoms with van der Waals surface area (Å²) < 4.78 is 22.3. The molecule has 23 heavy (non-hydrogen) atoms. The normalized spacial score (nSPS) is 21.4. The van der Waals surface area contributed by atoms with Crippen LogP contribution in [0.15, 0.2) is 37.4 Å². The van der Waals surface area contributed by atoms with Crippen LogP contribution in [-0.4, -0.2) is 62.1 Å². The zero-order valence-electron chi connectivity index (χ0n) is 13.7. The SMILES string of the molecule is C=COCCOCC1CN(CCOCC)C(c2cccnc2)O1. The van der Waals surface area contributed by atoms with Crippen molar-refractivity contribution < 1.29 is 18.9 Å². The van der Waals surface area contributed by atoms with E-state index in [4.69, 9.17) is 18.9 Å². The molecule has 0 bridgehead atoms. The lowest BCUT2D eigenvalue weighted by Crippen LogP contribution is -2.29. The fraction of sp³-hybridized carbons (Fsp3) is 0.588. The van der Waals surface area contributed by atoms with Gasteiger partial charge in [0.15, 0.2) is 0 Å². The van der Waals surface area contributed by atoms with Gasteiger partial charge in [-0.3, -0.25) is 9.88 Å². The van der Waals surface area contributed by atoms with E-state index in [1.165, 1.54) is 6.26 Å². The number of pyridine rings is 1. The lowest BCUT2D eigenvalue weighted by molar-refractivity contribution is -0.0429. The smallest absolute Gasteiger partial charge is 0.139 e. The lowest BCUT2D eigenvalue weighted by atomic mass is 10.2. The van der Waals surface area contributed by atoms with Crippen molar-refractivity contribution in [3.05, 3.63) is 42.9 Å². The molecule has 1 aromatic heterocycles. The van der Waals surface area contributed by atoms with Crippen LogP contribution in [0.4, 0.5) is 0 Å². The molecule has 128 valence electrons. The fourth-order valence-corrected chi connectivity index (χ4v) is 2.51. The van der Waals surface area contributed by atoms with Gasteiger partial charge in [0.2, 0.25) is 0 Å². The molecule has 0 aliphatic carbocycles. The topological polar surface area (TPSA) is 53.1 Å². The van der Waals surface area contributed by atoms with Gasteiger partial charge in [-0.1, -0.05) is 12.6 Å². The Morgan fingerprint density at radius 2 is 2.30 bits per heavy atom. The summed E-state index contributed by atoms with van der Waals surface area (Å²) in [5.74, 6) is 0. The number of hydrogen-bond acceptors (Lipinski definition) is 6. The molecule has 1 aromatic rings. The van der Waals surface area contributed by atoms with Crippen LogP contribution in [0.25, 0.3) is 0 Å². The zero-order valence-corrected chi connectivity index (χ0v) is 13.7. The third-order valence-electron chi connectivity index (χ3n) is 3.55. The van der Waals surface area contributed by atoms with E-state index in [0.29, 0.717) is 26.4 Å². The van der Waals surface area contributed by atoms with E-state index in [9.17, 15) is 0 Å². The van der Waals surface area contributed by atoms with Crippen LogP contribution in [0, 0.1) is 0 Å². The van der Waals surface area contributed by atoms with Crippen molar-refractivity contribution in [3.63, 3.8) is 0 Å². The van der Waals surface area contributed by atoms with E-state index in [2.05, 4.69) is 16.5 Å². The van der Waals surface area contributed by atoms with Crippen molar-refractivity contribution in [2.24, 2.45) is 0 Å². The number of nitrogens with zero attached hydrogens (tertiary/aromatic N) is 2. The second kappa shape index (κ2) is 10.3. The second-order valence-electron chi connectivity index (χ2n) is 5.20. The average molecular weight is 322 g/mol. The summed E-state index contributed by atoms with van der Waals surface area (Å²) in [6.45, 7) is 10.1. The highest BCUT2D eigenvalue weighted by Crippen LogP contribution is 2.29. The van der Waals surface area contributed by atoms with Crippen LogP contribution in [-0.2, 0) is 18.9 Å². The van der Waals surface area contributed by atoms with Gasteiger partial charge < -0.3 is 18.9 Å². The molecule has 0 radical (unpaired) electrons. The maximum Gasteiger partial charge on any atom is 0.139 e. The van der Waals surface area contributed by atoms with Gasteiger partial charge in [0, 0.05) is 37.7 Å². The molecule has 6 heteroatoms. The van der Waals surface area contributed by atoms with Crippen LogP contribution in [0.3, 0.4) is 0 Å². The molecule has 2 heterocycles. The predicted molar refractivity (Wildman–Crippen MR) is 86.9 cm³/mol. The van der Waals surface area contributed by atoms with E-state index < -0.39 is 0 Å². The molecule has 1 saturated heterocycles. The Morgan fingerprint density at radius 1 is 1.39 bits per heavy atom. The summed E-state index contributed by atoms with van der Waals surface area (Å²) in [7, 11) is 0. The van der Waals surface area contributed by atoms with Gasteiger partial charge in [-0.05, 0) is 13.0 Å². The fourth-order valence-electron chi connectivity index (χ4n) is 2.51. The highest BCUT2D eigenvalue weighted by Gasteiger charge is 2.33. The van der Waals surface area contributed by atoms with Crippen LogP contribution in [0.1, 0.15) is 18.7 Å². The first-order valence-corrected chi connectivity index (χ1v) is 8.02. The van der Waals surface area contributed by atoms with Crippen molar-refractivity contribution in [2.45, 2.75) is 19.3 Å². The van der Waals surface area contributed by atoms with Crippen molar-refractivity contribution >= 4 is 0 Å². The van der Waals surface area contributed by atoms with Crippen LogP contribution >= 0.6 is 0 Å². The molecule has 0 saturated carbocycles. The minimum absolute atomic E-state index is 0.0329. The molecule has 2 rings (SSSR count). The van der Waals surface area contributed by atoms with Gasteiger partial charge >= 0.3 is 0 Å². The molecule has 1 fully saturated rings. The third-order valence-corrected chi connectivity index (χ3v) is 3.55. The Hall–Kier alpha value is -1.47. The molecule has 1 aliphatic heterocycles. The Kier molecular flexibility index (Phi) is 8.03. The molecule has 6 nitrogen and oxygen atoms in total. The maximum atomic E-state index is 6.14. The van der Waals surface area contributed by atoms with E-state index in [1.807, 2.05) is 25.3 Å². The quantitative estimate of drug-likeness (QED) is 0.459. The van der Waals surface area contributed by atoms with E-state index in [0.717, 1.165) is 25.3 Å². The summed E-state index contributed by atoms with van der Waals surface area (Å²) >= 11 is 0.